The van der Waals surface area contributed by atoms with Crippen molar-refractivity contribution >= 4 is 27.4 Å². The molecule has 158 valence electrons. The Kier molecular flexibility index (Phi) is 5.75. The van der Waals surface area contributed by atoms with Crippen LogP contribution in [0.25, 0.3) is 0 Å². The third kappa shape index (κ3) is 4.18. The van der Waals surface area contributed by atoms with Crippen LogP contribution in [-0.4, -0.2) is 37.5 Å². The van der Waals surface area contributed by atoms with E-state index >= 15 is 0 Å². The van der Waals surface area contributed by atoms with Gasteiger partial charge in [0.15, 0.2) is 5.78 Å². The molecule has 2 aromatic rings. The normalized spacial score (nSPS) is 17.5. The van der Waals surface area contributed by atoms with Gasteiger partial charge in [0.1, 0.15) is 0 Å². The summed E-state index contributed by atoms with van der Waals surface area (Å²) < 4.78 is 27.6. The summed E-state index contributed by atoms with van der Waals surface area (Å²) in [6.07, 6.45) is 4.02. The second-order valence-electron chi connectivity index (χ2n) is 8.09. The molecule has 0 spiro atoms. The highest BCUT2D eigenvalue weighted by Crippen LogP contribution is 2.29. The van der Waals surface area contributed by atoms with Crippen LogP contribution in [0.4, 0.5) is 5.69 Å². The number of fused-ring (bicyclic) bond motifs is 1. The first-order valence-corrected chi connectivity index (χ1v) is 11.8. The summed E-state index contributed by atoms with van der Waals surface area (Å²) >= 11 is 0. The lowest BCUT2D eigenvalue weighted by Crippen LogP contribution is -2.41. The molecule has 1 aliphatic carbocycles. The van der Waals surface area contributed by atoms with Crippen molar-refractivity contribution in [2.24, 2.45) is 5.92 Å². The van der Waals surface area contributed by atoms with Crippen LogP contribution in [0.2, 0.25) is 0 Å². The maximum atomic E-state index is 13.0. The van der Waals surface area contributed by atoms with Gasteiger partial charge in [-0.25, -0.2) is 8.42 Å². The van der Waals surface area contributed by atoms with Crippen LogP contribution >= 0.6 is 0 Å². The van der Waals surface area contributed by atoms with Crippen molar-refractivity contribution < 1.29 is 18.0 Å². The fourth-order valence-corrected chi connectivity index (χ4v) is 5.77. The molecular formula is C23H26N2O4S. The molecule has 1 fully saturated rings. The quantitative estimate of drug-likeness (QED) is 0.743. The van der Waals surface area contributed by atoms with Gasteiger partial charge in [-0.1, -0.05) is 6.07 Å². The summed E-state index contributed by atoms with van der Waals surface area (Å²) in [5, 5.41) is 2.87. The number of Topliss-reactive ketones (excluding diaryl/α,β-unsaturated/α-hetero) is 1. The molecule has 0 saturated carbocycles. The zero-order valence-corrected chi connectivity index (χ0v) is 17.9. The number of carbonyl (C=O) groups excluding carboxylic acids is 2. The SMILES string of the molecule is CC(=O)c1ccc(NC(=O)C2CCN(S(=O)(=O)c3ccc4c(c3)CCC4)CC2)cc1. The van der Waals surface area contributed by atoms with Gasteiger partial charge < -0.3 is 5.32 Å². The van der Waals surface area contributed by atoms with Gasteiger partial charge in [-0.2, -0.15) is 4.31 Å². The average molecular weight is 427 g/mol. The molecule has 1 N–H and O–H groups in total. The van der Waals surface area contributed by atoms with E-state index in [0.29, 0.717) is 42.1 Å². The molecule has 2 aliphatic rings. The lowest BCUT2D eigenvalue weighted by Gasteiger charge is -2.30. The highest BCUT2D eigenvalue weighted by Gasteiger charge is 2.32. The van der Waals surface area contributed by atoms with Crippen LogP contribution in [0.15, 0.2) is 47.4 Å². The van der Waals surface area contributed by atoms with E-state index < -0.39 is 10.0 Å². The predicted molar refractivity (Wildman–Crippen MR) is 115 cm³/mol. The highest BCUT2D eigenvalue weighted by molar-refractivity contribution is 7.89. The summed E-state index contributed by atoms with van der Waals surface area (Å²) in [5.74, 6) is -0.367. The molecule has 30 heavy (non-hydrogen) atoms. The molecule has 2 aromatic carbocycles. The molecule has 1 amide bonds. The molecule has 6 nitrogen and oxygen atoms in total. The first-order valence-electron chi connectivity index (χ1n) is 10.4. The Morgan fingerprint density at radius 3 is 2.30 bits per heavy atom. The molecule has 7 heteroatoms. The minimum atomic E-state index is -3.53. The fraction of sp³-hybridized carbons (Fsp3) is 0.391. The Labute approximate surface area is 177 Å². The Morgan fingerprint density at radius 1 is 0.967 bits per heavy atom. The zero-order valence-electron chi connectivity index (χ0n) is 17.1. The number of nitrogens with one attached hydrogen (secondary N) is 1. The number of carbonyl (C=O) groups is 2. The van der Waals surface area contributed by atoms with Gasteiger partial charge in [0.2, 0.25) is 15.9 Å². The Morgan fingerprint density at radius 2 is 1.63 bits per heavy atom. The minimum absolute atomic E-state index is 0.0233. The number of rotatable bonds is 5. The van der Waals surface area contributed by atoms with E-state index in [2.05, 4.69) is 5.32 Å². The maximum Gasteiger partial charge on any atom is 0.243 e. The van der Waals surface area contributed by atoms with Crippen molar-refractivity contribution in [2.75, 3.05) is 18.4 Å². The van der Waals surface area contributed by atoms with Gasteiger partial charge in [0.25, 0.3) is 0 Å². The van der Waals surface area contributed by atoms with Crippen molar-refractivity contribution in [1.82, 2.24) is 4.31 Å². The molecule has 0 bridgehead atoms. The molecular weight excluding hydrogens is 400 g/mol. The van der Waals surface area contributed by atoms with E-state index in [-0.39, 0.29) is 17.6 Å². The monoisotopic (exact) mass is 426 g/mol. The predicted octanol–water partition coefficient (Wildman–Crippen LogP) is 3.42. The van der Waals surface area contributed by atoms with Crippen LogP contribution in [0.5, 0.6) is 0 Å². The topological polar surface area (TPSA) is 83.6 Å². The van der Waals surface area contributed by atoms with Gasteiger partial charge in [-0.05, 0) is 86.6 Å². The maximum absolute atomic E-state index is 13.0. The number of sulfonamides is 1. The molecule has 0 atom stereocenters. The fourth-order valence-electron chi connectivity index (χ4n) is 4.25. The molecule has 1 aliphatic heterocycles. The Bertz CT molecular complexity index is 1070. The number of hydrogen-bond acceptors (Lipinski definition) is 4. The Balaban J connectivity index is 1.37. The van der Waals surface area contributed by atoms with Crippen LogP contribution in [0.1, 0.15) is 47.7 Å². The van der Waals surface area contributed by atoms with E-state index in [1.54, 1.807) is 30.3 Å². The van der Waals surface area contributed by atoms with Crippen molar-refractivity contribution in [1.29, 1.82) is 0 Å². The standard InChI is InChI=1S/C23H26N2O4S/c1-16(26)17-5-8-21(9-6-17)24-23(27)19-11-13-25(14-12-19)30(28,29)22-10-7-18-3-2-4-20(18)15-22/h5-10,15,19H,2-4,11-14H2,1H3,(H,24,27). The molecule has 1 heterocycles. The van der Waals surface area contributed by atoms with Gasteiger partial charge in [-0.3, -0.25) is 9.59 Å². The summed E-state index contributed by atoms with van der Waals surface area (Å²) in [5.41, 5.74) is 3.62. The number of hydrogen-bond donors (Lipinski definition) is 1. The first-order chi connectivity index (χ1) is 14.3. The molecule has 0 unspecified atom stereocenters. The second kappa shape index (κ2) is 8.32. The lowest BCUT2D eigenvalue weighted by molar-refractivity contribution is -0.120. The highest BCUT2D eigenvalue weighted by atomic mass is 32.2. The van der Waals surface area contributed by atoms with Crippen LogP contribution < -0.4 is 5.32 Å². The van der Waals surface area contributed by atoms with Crippen molar-refractivity contribution in [2.45, 2.75) is 43.9 Å². The van der Waals surface area contributed by atoms with E-state index in [0.717, 1.165) is 24.8 Å². The van der Waals surface area contributed by atoms with E-state index in [9.17, 15) is 18.0 Å². The largest absolute Gasteiger partial charge is 0.326 e. The second-order valence-corrected chi connectivity index (χ2v) is 10.0. The molecule has 4 rings (SSSR count). The number of anilines is 1. The number of aryl methyl sites for hydroxylation is 2. The minimum Gasteiger partial charge on any atom is -0.326 e. The molecule has 0 aromatic heterocycles. The van der Waals surface area contributed by atoms with Gasteiger partial charge in [0, 0.05) is 30.3 Å². The van der Waals surface area contributed by atoms with Crippen LogP contribution in [0.3, 0.4) is 0 Å². The third-order valence-corrected chi connectivity index (χ3v) is 7.99. The summed E-state index contributed by atoms with van der Waals surface area (Å²) in [6.45, 7) is 2.17. The Hall–Kier alpha value is -2.51. The summed E-state index contributed by atoms with van der Waals surface area (Å²) in [6, 6.07) is 12.3. The summed E-state index contributed by atoms with van der Waals surface area (Å²) in [4.78, 5) is 24.3. The lowest BCUT2D eigenvalue weighted by atomic mass is 9.97. The van der Waals surface area contributed by atoms with Crippen molar-refractivity contribution in [3.63, 3.8) is 0 Å². The average Bonchev–Trinajstić information content (AvgIpc) is 3.22. The summed E-state index contributed by atoms with van der Waals surface area (Å²) in [7, 11) is -3.53. The number of piperidine rings is 1. The molecule has 1 saturated heterocycles. The number of amides is 1. The number of ketones is 1. The third-order valence-electron chi connectivity index (χ3n) is 6.09. The van der Waals surface area contributed by atoms with Gasteiger partial charge in [-0.15, -0.1) is 0 Å². The van der Waals surface area contributed by atoms with Gasteiger partial charge >= 0.3 is 0 Å². The van der Waals surface area contributed by atoms with Crippen molar-refractivity contribution in [3.05, 3.63) is 59.2 Å². The van der Waals surface area contributed by atoms with E-state index in [1.165, 1.54) is 16.8 Å². The van der Waals surface area contributed by atoms with E-state index in [1.807, 2.05) is 12.1 Å². The van der Waals surface area contributed by atoms with Crippen LogP contribution in [0, 0.1) is 5.92 Å². The van der Waals surface area contributed by atoms with Crippen molar-refractivity contribution in [3.8, 4) is 0 Å². The first kappa shape index (κ1) is 20.8. The number of nitrogens with zero attached hydrogens (tertiary/aromatic N) is 1. The van der Waals surface area contributed by atoms with E-state index in [4.69, 9.17) is 0 Å². The zero-order chi connectivity index (χ0) is 21.3. The van der Waals surface area contributed by atoms with Gasteiger partial charge in [0.05, 0.1) is 4.90 Å². The number of benzene rings is 2. The molecule has 0 radical (unpaired) electrons. The van der Waals surface area contributed by atoms with Crippen LogP contribution in [-0.2, 0) is 27.7 Å². The smallest absolute Gasteiger partial charge is 0.243 e.